The minimum absolute atomic E-state index is 0.168. The molecule has 7 nitrogen and oxygen atoms in total. The molecule has 1 unspecified atom stereocenters. The number of piperidine rings is 1. The SMILES string of the molecule is Cc1cc2[nH]c(=O)c(=O)[nH]c2cc1S(=O)(=O)N1CCCC(C)C1. The maximum absolute atomic E-state index is 12.9. The predicted molar refractivity (Wildman–Crippen MR) is 87.1 cm³/mol. The topological polar surface area (TPSA) is 103 Å². The second-order valence-corrected chi connectivity index (χ2v) is 8.09. The average molecular weight is 337 g/mol. The normalized spacial score (nSPS) is 20.0. The minimum atomic E-state index is -3.62. The average Bonchev–Trinajstić information content (AvgIpc) is 2.48. The van der Waals surface area contributed by atoms with Crippen LogP contribution in [0, 0.1) is 12.8 Å². The number of H-pyrrole nitrogens is 2. The van der Waals surface area contributed by atoms with E-state index in [0.29, 0.717) is 35.6 Å². The molecule has 0 bridgehead atoms. The molecule has 0 saturated carbocycles. The summed E-state index contributed by atoms with van der Waals surface area (Å²) in [7, 11) is -3.62. The summed E-state index contributed by atoms with van der Waals surface area (Å²) in [4.78, 5) is 27.9. The van der Waals surface area contributed by atoms with Crippen LogP contribution in [0.4, 0.5) is 0 Å². The highest BCUT2D eigenvalue weighted by Crippen LogP contribution is 2.27. The molecule has 1 aliphatic heterocycles. The fraction of sp³-hybridized carbons (Fsp3) is 0.467. The van der Waals surface area contributed by atoms with Crippen molar-refractivity contribution >= 4 is 21.1 Å². The predicted octanol–water partition coefficient (Wildman–Crippen LogP) is 0.945. The van der Waals surface area contributed by atoms with Gasteiger partial charge in [-0.05, 0) is 43.4 Å². The highest BCUT2D eigenvalue weighted by molar-refractivity contribution is 7.89. The van der Waals surface area contributed by atoms with Gasteiger partial charge in [0.15, 0.2) is 0 Å². The van der Waals surface area contributed by atoms with Gasteiger partial charge in [0.25, 0.3) is 0 Å². The zero-order chi connectivity index (χ0) is 16.8. The third kappa shape index (κ3) is 2.84. The Balaban J connectivity index is 2.15. The Bertz CT molecular complexity index is 974. The van der Waals surface area contributed by atoms with E-state index in [1.54, 1.807) is 13.0 Å². The highest BCUT2D eigenvalue weighted by atomic mass is 32.2. The quantitative estimate of drug-likeness (QED) is 0.796. The molecule has 1 aliphatic rings. The first kappa shape index (κ1) is 15.9. The van der Waals surface area contributed by atoms with Gasteiger partial charge in [0.2, 0.25) is 10.0 Å². The van der Waals surface area contributed by atoms with E-state index < -0.39 is 21.1 Å². The summed E-state index contributed by atoms with van der Waals surface area (Å²) in [5.74, 6) is 0.329. The number of hydrogen-bond donors (Lipinski definition) is 2. The van der Waals surface area contributed by atoms with Gasteiger partial charge in [-0.25, -0.2) is 8.42 Å². The Labute approximate surface area is 133 Å². The van der Waals surface area contributed by atoms with Crippen molar-refractivity contribution < 1.29 is 8.42 Å². The fourth-order valence-corrected chi connectivity index (χ4v) is 4.87. The number of aromatic nitrogens is 2. The summed E-state index contributed by atoms with van der Waals surface area (Å²) >= 11 is 0. The summed E-state index contributed by atoms with van der Waals surface area (Å²) in [6.45, 7) is 4.73. The number of nitrogens with one attached hydrogen (secondary N) is 2. The van der Waals surface area contributed by atoms with Crippen LogP contribution >= 0.6 is 0 Å². The van der Waals surface area contributed by atoms with Crippen LogP contribution in [0.5, 0.6) is 0 Å². The first-order chi connectivity index (χ1) is 10.8. The van der Waals surface area contributed by atoms with E-state index in [1.165, 1.54) is 10.4 Å². The van der Waals surface area contributed by atoms with E-state index in [1.807, 2.05) is 6.92 Å². The number of sulfonamides is 1. The van der Waals surface area contributed by atoms with Crippen molar-refractivity contribution in [3.05, 3.63) is 38.4 Å². The molecule has 1 fully saturated rings. The summed E-state index contributed by atoms with van der Waals surface area (Å²) in [6, 6.07) is 3.00. The lowest BCUT2D eigenvalue weighted by Crippen LogP contribution is -2.39. The number of rotatable bonds is 2. The van der Waals surface area contributed by atoms with Crippen LogP contribution in [0.2, 0.25) is 0 Å². The first-order valence-electron chi connectivity index (χ1n) is 7.56. The largest absolute Gasteiger partial charge is 0.316 e. The maximum Gasteiger partial charge on any atom is 0.314 e. The van der Waals surface area contributed by atoms with Crippen LogP contribution in [-0.4, -0.2) is 35.8 Å². The second kappa shape index (κ2) is 5.61. The van der Waals surface area contributed by atoms with Gasteiger partial charge in [0, 0.05) is 13.1 Å². The fourth-order valence-electron chi connectivity index (χ4n) is 3.03. The lowest BCUT2D eigenvalue weighted by molar-refractivity contribution is 0.281. The molecule has 3 rings (SSSR count). The number of benzene rings is 1. The Morgan fingerprint density at radius 1 is 1.13 bits per heavy atom. The van der Waals surface area contributed by atoms with Gasteiger partial charge >= 0.3 is 11.1 Å². The smallest absolute Gasteiger partial charge is 0.314 e. The van der Waals surface area contributed by atoms with Gasteiger partial charge in [0.1, 0.15) is 0 Å². The standard InChI is InChI=1S/C15H19N3O4S/c1-9-4-3-5-18(8-9)23(21,22)13-7-12-11(6-10(13)2)16-14(19)15(20)17-12/h6-7,9H,3-5,8H2,1-2H3,(H,16,19)(H,17,20). The van der Waals surface area contributed by atoms with E-state index in [9.17, 15) is 18.0 Å². The molecular formula is C15H19N3O4S. The molecule has 1 aromatic carbocycles. The summed E-state index contributed by atoms with van der Waals surface area (Å²) in [6.07, 6.45) is 1.87. The van der Waals surface area contributed by atoms with Crippen LogP contribution in [0.15, 0.2) is 26.6 Å². The van der Waals surface area contributed by atoms with E-state index >= 15 is 0 Å². The van der Waals surface area contributed by atoms with Crippen molar-refractivity contribution in [2.24, 2.45) is 5.92 Å². The molecule has 2 N–H and O–H groups in total. The van der Waals surface area contributed by atoms with Gasteiger partial charge in [-0.1, -0.05) is 6.92 Å². The van der Waals surface area contributed by atoms with E-state index in [-0.39, 0.29) is 4.90 Å². The molecule has 1 aromatic heterocycles. The van der Waals surface area contributed by atoms with Crippen LogP contribution in [0.1, 0.15) is 25.3 Å². The van der Waals surface area contributed by atoms with E-state index in [0.717, 1.165) is 12.8 Å². The zero-order valence-corrected chi connectivity index (χ0v) is 13.9. The van der Waals surface area contributed by atoms with Crippen LogP contribution in [-0.2, 0) is 10.0 Å². The van der Waals surface area contributed by atoms with Crippen molar-refractivity contribution in [2.45, 2.75) is 31.6 Å². The molecule has 2 aromatic rings. The van der Waals surface area contributed by atoms with Crippen molar-refractivity contribution in [3.63, 3.8) is 0 Å². The van der Waals surface area contributed by atoms with Crippen molar-refractivity contribution in [1.82, 2.24) is 14.3 Å². The molecule has 1 atom stereocenters. The molecule has 0 spiro atoms. The number of aromatic amines is 2. The lowest BCUT2D eigenvalue weighted by atomic mass is 10.0. The van der Waals surface area contributed by atoms with Gasteiger partial charge in [-0.3, -0.25) is 9.59 Å². The molecule has 23 heavy (non-hydrogen) atoms. The highest BCUT2D eigenvalue weighted by Gasteiger charge is 2.30. The van der Waals surface area contributed by atoms with Crippen LogP contribution in [0.3, 0.4) is 0 Å². The van der Waals surface area contributed by atoms with E-state index in [2.05, 4.69) is 9.97 Å². The van der Waals surface area contributed by atoms with Gasteiger partial charge in [0.05, 0.1) is 15.9 Å². The third-order valence-corrected chi connectivity index (χ3v) is 6.26. The first-order valence-corrected chi connectivity index (χ1v) is 9.00. The molecule has 8 heteroatoms. The van der Waals surface area contributed by atoms with E-state index in [4.69, 9.17) is 0 Å². The van der Waals surface area contributed by atoms with Gasteiger partial charge in [-0.2, -0.15) is 4.31 Å². The van der Waals surface area contributed by atoms with Crippen molar-refractivity contribution in [2.75, 3.05) is 13.1 Å². The molecule has 2 heterocycles. The summed E-state index contributed by atoms with van der Waals surface area (Å²) in [5, 5.41) is 0. The second-order valence-electron chi connectivity index (χ2n) is 6.18. The lowest BCUT2D eigenvalue weighted by Gasteiger charge is -2.30. The van der Waals surface area contributed by atoms with Crippen LogP contribution in [0.25, 0.3) is 11.0 Å². The van der Waals surface area contributed by atoms with Crippen molar-refractivity contribution in [1.29, 1.82) is 0 Å². The summed E-state index contributed by atoms with van der Waals surface area (Å²) in [5.41, 5.74) is -0.283. The third-order valence-electron chi connectivity index (χ3n) is 4.26. The molecule has 124 valence electrons. The Kier molecular flexibility index (Phi) is 3.89. The molecular weight excluding hydrogens is 318 g/mol. The Morgan fingerprint density at radius 3 is 2.35 bits per heavy atom. The van der Waals surface area contributed by atoms with Crippen LogP contribution < -0.4 is 11.1 Å². The number of nitrogens with zero attached hydrogens (tertiary/aromatic N) is 1. The minimum Gasteiger partial charge on any atom is -0.316 e. The Hall–Kier alpha value is -1.93. The Morgan fingerprint density at radius 2 is 1.74 bits per heavy atom. The molecule has 0 amide bonds. The molecule has 1 saturated heterocycles. The number of aryl methyl sites for hydroxylation is 1. The summed E-state index contributed by atoms with van der Waals surface area (Å²) < 4.78 is 27.3. The van der Waals surface area contributed by atoms with Gasteiger partial charge in [-0.15, -0.1) is 0 Å². The maximum atomic E-state index is 12.9. The molecule has 0 radical (unpaired) electrons. The monoisotopic (exact) mass is 337 g/mol. The number of hydrogen-bond acceptors (Lipinski definition) is 4. The molecule has 0 aliphatic carbocycles. The van der Waals surface area contributed by atoms with Crippen molar-refractivity contribution in [3.8, 4) is 0 Å². The van der Waals surface area contributed by atoms with Gasteiger partial charge < -0.3 is 9.97 Å². The number of fused-ring (bicyclic) bond motifs is 1. The zero-order valence-electron chi connectivity index (χ0n) is 13.0.